The van der Waals surface area contributed by atoms with E-state index in [9.17, 15) is 19.7 Å². The molecule has 11 heteroatoms. The highest BCUT2D eigenvalue weighted by Crippen LogP contribution is 2.37. The van der Waals surface area contributed by atoms with Crippen molar-refractivity contribution in [2.45, 2.75) is 10.1 Å². The molecule has 3 aromatic carbocycles. The van der Waals surface area contributed by atoms with E-state index in [0.29, 0.717) is 11.4 Å². The maximum atomic E-state index is 13.0. The van der Waals surface area contributed by atoms with Crippen LogP contribution in [0.2, 0.25) is 0 Å². The summed E-state index contributed by atoms with van der Waals surface area (Å²) in [5, 5.41) is 11.4. The van der Waals surface area contributed by atoms with Crippen LogP contribution >= 0.6 is 23.1 Å². The smallest absolute Gasteiger partial charge is 0.283 e. The van der Waals surface area contributed by atoms with Crippen molar-refractivity contribution in [1.29, 1.82) is 0 Å². The maximum absolute atomic E-state index is 13.0. The van der Waals surface area contributed by atoms with Crippen molar-refractivity contribution in [1.82, 2.24) is 15.0 Å². The zero-order chi connectivity index (χ0) is 23.4. The summed E-state index contributed by atoms with van der Waals surface area (Å²) in [5.74, 6) is 0.185. The molecule has 3 heterocycles. The van der Waals surface area contributed by atoms with Crippen molar-refractivity contribution in [3.8, 4) is 0 Å². The molecule has 0 atom stereocenters. The molecule has 0 saturated carbocycles. The molecule has 1 aliphatic heterocycles. The molecule has 0 spiro atoms. The molecule has 2 aromatic heterocycles. The van der Waals surface area contributed by atoms with Crippen LogP contribution < -0.4 is 4.90 Å². The van der Waals surface area contributed by atoms with Crippen LogP contribution in [-0.2, 0) is 5.75 Å². The lowest BCUT2D eigenvalue weighted by atomic mass is 10.1. The summed E-state index contributed by atoms with van der Waals surface area (Å²) in [7, 11) is 0. The quantitative estimate of drug-likeness (QED) is 0.157. The Hall–Kier alpha value is -4.09. The fourth-order valence-electron chi connectivity index (χ4n) is 3.95. The van der Waals surface area contributed by atoms with Crippen molar-refractivity contribution in [2.75, 3.05) is 4.90 Å². The minimum absolute atomic E-state index is 0.0330. The number of imidazole rings is 1. The number of carbonyl (C=O) groups excluding carboxylic acids is 2. The average molecular weight is 488 g/mol. The number of rotatable bonds is 5. The Morgan fingerprint density at radius 1 is 1.00 bits per heavy atom. The van der Waals surface area contributed by atoms with Crippen LogP contribution in [0.15, 0.2) is 65.0 Å². The van der Waals surface area contributed by atoms with Gasteiger partial charge in [0.05, 0.1) is 43.2 Å². The van der Waals surface area contributed by atoms with Crippen LogP contribution in [0, 0.1) is 10.1 Å². The van der Waals surface area contributed by atoms with Gasteiger partial charge in [-0.1, -0.05) is 30.0 Å². The van der Waals surface area contributed by atoms with Crippen LogP contribution in [0.4, 0.5) is 11.4 Å². The summed E-state index contributed by atoms with van der Waals surface area (Å²) >= 11 is 2.98. The number of aromatic nitrogens is 3. The van der Waals surface area contributed by atoms with Crippen LogP contribution in [0.5, 0.6) is 0 Å². The number of imide groups is 1. The monoisotopic (exact) mass is 487 g/mol. The number of benzene rings is 3. The first kappa shape index (κ1) is 20.5. The topological polar surface area (TPSA) is 122 Å². The molecule has 2 amide bonds. The molecular formula is C23H13N5O4S2. The summed E-state index contributed by atoms with van der Waals surface area (Å²) in [5.41, 5.74) is 2.46. The van der Waals surface area contributed by atoms with Crippen molar-refractivity contribution >= 4 is 67.5 Å². The summed E-state index contributed by atoms with van der Waals surface area (Å²) in [6.45, 7) is 0. The second kappa shape index (κ2) is 7.75. The van der Waals surface area contributed by atoms with Gasteiger partial charge in [-0.2, -0.15) is 0 Å². The lowest BCUT2D eigenvalue weighted by Crippen LogP contribution is -2.29. The predicted molar refractivity (Wildman–Crippen MR) is 130 cm³/mol. The molecule has 1 N–H and O–H groups in total. The number of nitro groups is 1. The third-order valence-corrected chi connectivity index (χ3v) is 7.64. The Morgan fingerprint density at radius 3 is 2.68 bits per heavy atom. The number of fused-ring (bicyclic) bond motifs is 3. The van der Waals surface area contributed by atoms with E-state index < -0.39 is 16.7 Å². The number of hydrogen-bond donors (Lipinski definition) is 1. The first-order valence-electron chi connectivity index (χ1n) is 10.1. The lowest BCUT2D eigenvalue weighted by molar-refractivity contribution is -0.385. The van der Waals surface area contributed by atoms with Crippen molar-refractivity contribution in [3.05, 3.63) is 87.7 Å². The van der Waals surface area contributed by atoms with Gasteiger partial charge in [-0.3, -0.25) is 19.7 Å². The van der Waals surface area contributed by atoms with Crippen molar-refractivity contribution < 1.29 is 14.5 Å². The normalized spacial score (nSPS) is 13.2. The maximum Gasteiger partial charge on any atom is 0.283 e. The summed E-state index contributed by atoms with van der Waals surface area (Å²) in [6.07, 6.45) is 0. The number of nitrogens with zero attached hydrogens (tertiary/aromatic N) is 4. The minimum Gasteiger partial charge on any atom is -0.341 e. The number of para-hydroxylation sites is 2. The molecule has 0 saturated heterocycles. The number of thiazole rings is 1. The molecule has 0 fully saturated rings. The van der Waals surface area contributed by atoms with E-state index in [-0.39, 0.29) is 16.8 Å². The highest BCUT2D eigenvalue weighted by atomic mass is 32.2. The first-order chi connectivity index (χ1) is 16.5. The number of hydrogen-bond acceptors (Lipinski definition) is 8. The number of amides is 2. The van der Waals surface area contributed by atoms with E-state index >= 15 is 0 Å². The number of thioether (sulfide) groups is 1. The zero-order valence-corrected chi connectivity index (χ0v) is 18.9. The van der Waals surface area contributed by atoms with E-state index in [1.54, 1.807) is 18.2 Å². The fourth-order valence-corrected chi connectivity index (χ4v) is 5.92. The van der Waals surface area contributed by atoms with Gasteiger partial charge >= 0.3 is 0 Å². The molecule has 5 aromatic rings. The lowest BCUT2D eigenvalue weighted by Gasteiger charge is -2.13. The zero-order valence-electron chi connectivity index (χ0n) is 17.2. The molecule has 0 radical (unpaired) electrons. The van der Waals surface area contributed by atoms with Crippen molar-refractivity contribution in [3.63, 3.8) is 0 Å². The fraction of sp³-hybridized carbons (Fsp3) is 0.0435. The Bertz CT molecular complexity index is 1630. The van der Waals surface area contributed by atoms with E-state index in [4.69, 9.17) is 0 Å². The standard InChI is InChI=1S/C23H13N5O4S2/c29-21-13-4-3-7-17(28(31)32)20(13)22(30)27(21)12-8-9-16-18(10-12)34-23(26-16)33-11-19-24-14-5-1-2-6-15(14)25-19/h1-10H,11H2,(H,24,25). The average Bonchev–Trinajstić information content (AvgIpc) is 3.51. The highest BCUT2D eigenvalue weighted by Gasteiger charge is 2.41. The summed E-state index contributed by atoms with van der Waals surface area (Å²) in [6, 6.07) is 17.0. The number of carbonyl (C=O) groups is 2. The third kappa shape index (κ3) is 3.25. The van der Waals surface area contributed by atoms with Gasteiger partial charge < -0.3 is 4.98 Å². The number of H-pyrrole nitrogens is 1. The largest absolute Gasteiger partial charge is 0.341 e. The van der Waals surface area contributed by atoms with E-state index in [0.717, 1.165) is 36.3 Å². The van der Waals surface area contributed by atoms with Gasteiger partial charge in [-0.05, 0) is 36.4 Å². The molecular weight excluding hydrogens is 474 g/mol. The Kier molecular flexibility index (Phi) is 4.67. The van der Waals surface area contributed by atoms with Gasteiger partial charge in [0.15, 0.2) is 4.34 Å². The molecule has 6 rings (SSSR count). The van der Waals surface area contributed by atoms with Gasteiger partial charge in [0.2, 0.25) is 0 Å². The Balaban J connectivity index is 1.28. The predicted octanol–water partition coefficient (Wildman–Crippen LogP) is 5.17. The van der Waals surface area contributed by atoms with Gasteiger partial charge in [0.25, 0.3) is 17.5 Å². The summed E-state index contributed by atoms with van der Waals surface area (Å²) < 4.78 is 1.63. The summed E-state index contributed by atoms with van der Waals surface area (Å²) in [4.78, 5) is 50.1. The van der Waals surface area contributed by atoms with Gasteiger partial charge in [0, 0.05) is 6.07 Å². The first-order valence-corrected chi connectivity index (χ1v) is 11.9. The van der Waals surface area contributed by atoms with Gasteiger partial charge in [0.1, 0.15) is 11.4 Å². The van der Waals surface area contributed by atoms with E-state index in [1.165, 1.54) is 41.3 Å². The SMILES string of the molecule is O=C1c2cccc([N+](=O)[O-])c2C(=O)N1c1ccc2nc(SCc3nc4ccccc4[nH]3)sc2c1. The molecule has 0 aliphatic carbocycles. The molecule has 1 aliphatic rings. The Morgan fingerprint density at radius 2 is 1.85 bits per heavy atom. The van der Waals surface area contributed by atoms with E-state index in [2.05, 4.69) is 15.0 Å². The number of anilines is 1. The van der Waals surface area contributed by atoms with Crippen LogP contribution in [0.3, 0.4) is 0 Å². The van der Waals surface area contributed by atoms with Crippen LogP contribution in [0.1, 0.15) is 26.5 Å². The molecule has 34 heavy (non-hydrogen) atoms. The highest BCUT2D eigenvalue weighted by molar-refractivity contribution is 8.00. The van der Waals surface area contributed by atoms with Gasteiger partial charge in [-0.15, -0.1) is 11.3 Å². The Labute approximate surface area is 199 Å². The molecule has 0 unspecified atom stereocenters. The second-order valence-electron chi connectivity index (χ2n) is 7.52. The minimum atomic E-state index is -0.698. The van der Waals surface area contributed by atoms with Gasteiger partial charge in [-0.25, -0.2) is 14.9 Å². The second-order valence-corrected chi connectivity index (χ2v) is 9.78. The molecule has 9 nitrogen and oxygen atoms in total. The van der Waals surface area contributed by atoms with E-state index in [1.807, 2.05) is 24.3 Å². The number of aromatic amines is 1. The number of nitrogens with one attached hydrogen (secondary N) is 1. The third-order valence-electron chi connectivity index (χ3n) is 5.47. The van der Waals surface area contributed by atoms with Crippen LogP contribution in [0.25, 0.3) is 21.3 Å². The molecule has 0 bridgehead atoms. The van der Waals surface area contributed by atoms with Crippen LogP contribution in [-0.4, -0.2) is 31.7 Å². The molecule has 166 valence electrons. The van der Waals surface area contributed by atoms with Crippen molar-refractivity contribution in [2.24, 2.45) is 0 Å². The number of nitro benzene ring substituents is 1.